The van der Waals surface area contributed by atoms with Crippen LogP contribution in [0, 0.1) is 17.8 Å². The third kappa shape index (κ3) is 13.5. The first-order chi connectivity index (χ1) is 15.5. The summed E-state index contributed by atoms with van der Waals surface area (Å²) in [6.07, 6.45) is 17.2. The van der Waals surface area contributed by atoms with Crippen molar-refractivity contribution >= 4 is 5.97 Å². The van der Waals surface area contributed by atoms with Gasteiger partial charge in [-0.1, -0.05) is 51.8 Å². The van der Waals surface area contributed by atoms with Crippen molar-refractivity contribution in [1.82, 2.24) is 0 Å². The molecule has 0 aromatic rings. The number of hydrogen-bond donors (Lipinski definition) is 1. The highest BCUT2D eigenvalue weighted by atomic mass is 19.1. The summed E-state index contributed by atoms with van der Waals surface area (Å²) in [5, 5.41) is 9.06. The average Bonchev–Trinajstić information content (AvgIpc) is 2.70. The number of esters is 1. The summed E-state index contributed by atoms with van der Waals surface area (Å²) in [5.41, 5.74) is 1.94. The summed E-state index contributed by atoms with van der Waals surface area (Å²) >= 11 is 0. The molecular weight excluding hydrogens is 415 g/mol. The Morgan fingerprint density at radius 3 is 2.21 bits per heavy atom. The largest absolute Gasteiger partial charge is 0.516 e. The maximum absolute atomic E-state index is 14.7. The molecule has 4 heteroatoms. The van der Waals surface area contributed by atoms with E-state index in [0.29, 0.717) is 18.3 Å². The normalized spacial score (nSPS) is 16.6. The predicted molar refractivity (Wildman–Crippen MR) is 139 cm³/mol. The monoisotopic (exact) mass is 464 g/mol. The second-order valence-electron chi connectivity index (χ2n) is 9.99. The van der Waals surface area contributed by atoms with Gasteiger partial charge in [-0.2, -0.15) is 0 Å². The maximum Gasteiger partial charge on any atom is 0.303 e. The molecule has 0 radical (unpaired) electrons. The third-order valence-corrected chi connectivity index (χ3v) is 5.80. The van der Waals surface area contributed by atoms with Gasteiger partial charge in [0.2, 0.25) is 0 Å². The molecule has 2 unspecified atom stereocenters. The minimum absolute atomic E-state index is 0.110. The first-order valence-electron chi connectivity index (χ1n) is 12.7. The number of carbonyl (C=O) groups is 1. The molecule has 0 fully saturated rings. The van der Waals surface area contributed by atoms with Gasteiger partial charge in [-0.25, -0.2) is 4.39 Å². The molecule has 1 aliphatic carbocycles. The Kier molecular flexibility index (Phi) is 15.8. The zero-order valence-corrected chi connectivity index (χ0v) is 22.4. The highest BCUT2D eigenvalue weighted by Gasteiger charge is 2.24. The molecule has 33 heavy (non-hydrogen) atoms. The molecule has 3 nitrogen and oxygen atoms in total. The van der Waals surface area contributed by atoms with E-state index in [9.17, 15) is 9.18 Å². The first-order valence-corrected chi connectivity index (χ1v) is 12.7. The second kappa shape index (κ2) is 16.7. The number of ether oxygens (including phenoxy) is 1. The van der Waals surface area contributed by atoms with Crippen molar-refractivity contribution in [3.8, 4) is 0 Å². The van der Waals surface area contributed by atoms with Crippen LogP contribution >= 0.6 is 0 Å². The van der Waals surface area contributed by atoms with Gasteiger partial charge >= 0.3 is 5.97 Å². The first kappa shape index (κ1) is 31.2. The fraction of sp³-hybridized carbons (Fsp3) is 0.690. The smallest absolute Gasteiger partial charge is 0.303 e. The van der Waals surface area contributed by atoms with E-state index in [1.165, 1.54) is 12.5 Å². The van der Waals surface area contributed by atoms with Gasteiger partial charge in [-0.05, 0) is 94.8 Å². The lowest BCUT2D eigenvalue weighted by Crippen LogP contribution is -2.21. The van der Waals surface area contributed by atoms with Gasteiger partial charge in [0.15, 0.2) is 0 Å². The Morgan fingerprint density at radius 1 is 1.18 bits per heavy atom. The van der Waals surface area contributed by atoms with Gasteiger partial charge in [-0.3, -0.25) is 4.79 Å². The van der Waals surface area contributed by atoms with Crippen LogP contribution in [0.1, 0.15) is 107 Å². The van der Waals surface area contributed by atoms with Crippen molar-refractivity contribution in [1.29, 1.82) is 0 Å². The fourth-order valence-electron chi connectivity index (χ4n) is 4.43. The van der Waals surface area contributed by atoms with Gasteiger partial charge in [0.05, 0.1) is 6.26 Å². The molecular formula is C29H49FO3. The minimum Gasteiger partial charge on any atom is -0.516 e. The van der Waals surface area contributed by atoms with Crippen LogP contribution in [0.15, 0.2) is 47.5 Å². The standard InChI is InChI=1S/C23H37FO.C6H12O2/c1-5-9-19(18(4)16-17-25)14-15-22-21(12-8-13-23(22)24)20(10-6-2)11-7-3;1-5(7)8-6(2,3)4/h5,9,12,16-20,25H,6-8,10-11,13-15H2,1-4H3;1-4H3/b9-5-,17-16+;. The van der Waals surface area contributed by atoms with Crippen LogP contribution in [0.5, 0.6) is 0 Å². The maximum atomic E-state index is 14.7. The number of carbonyl (C=O) groups excluding carboxylic acids is 1. The van der Waals surface area contributed by atoms with Crippen LogP contribution in [0.25, 0.3) is 0 Å². The number of hydrogen-bond acceptors (Lipinski definition) is 3. The molecule has 0 amide bonds. The molecule has 0 aliphatic heterocycles. The summed E-state index contributed by atoms with van der Waals surface area (Å²) in [6, 6.07) is 0. The molecule has 0 heterocycles. The van der Waals surface area contributed by atoms with E-state index in [0.717, 1.165) is 56.8 Å². The highest BCUT2D eigenvalue weighted by Crippen LogP contribution is 2.39. The van der Waals surface area contributed by atoms with E-state index in [4.69, 9.17) is 9.84 Å². The SMILES string of the molecule is C/C=C\C(CCC1=C(F)CCC=C1C(CCC)CCC)C(C)/C=C/O.CC(=O)OC(C)(C)C. The van der Waals surface area contributed by atoms with E-state index in [1.54, 1.807) is 0 Å². The zero-order chi connectivity index (χ0) is 25.4. The van der Waals surface area contributed by atoms with Crippen LogP contribution in [0.4, 0.5) is 4.39 Å². The zero-order valence-electron chi connectivity index (χ0n) is 22.4. The van der Waals surface area contributed by atoms with Crippen LogP contribution in [-0.2, 0) is 9.53 Å². The molecule has 2 atom stereocenters. The summed E-state index contributed by atoms with van der Waals surface area (Å²) < 4.78 is 19.5. The van der Waals surface area contributed by atoms with Crippen LogP contribution < -0.4 is 0 Å². The van der Waals surface area contributed by atoms with E-state index in [2.05, 4.69) is 39.0 Å². The lowest BCUT2D eigenvalue weighted by Gasteiger charge is -2.27. The lowest BCUT2D eigenvalue weighted by molar-refractivity contribution is -0.151. The highest BCUT2D eigenvalue weighted by molar-refractivity contribution is 5.66. The van der Waals surface area contributed by atoms with Gasteiger partial charge in [0.25, 0.3) is 0 Å². The fourth-order valence-corrected chi connectivity index (χ4v) is 4.43. The average molecular weight is 465 g/mol. The van der Waals surface area contributed by atoms with Gasteiger partial charge in [0, 0.05) is 13.3 Å². The quantitative estimate of drug-likeness (QED) is 0.188. The molecule has 1 rings (SSSR count). The van der Waals surface area contributed by atoms with Crippen molar-refractivity contribution in [2.45, 2.75) is 112 Å². The third-order valence-electron chi connectivity index (χ3n) is 5.80. The van der Waals surface area contributed by atoms with Crippen LogP contribution in [0.3, 0.4) is 0 Å². The van der Waals surface area contributed by atoms with Crippen molar-refractivity contribution < 1.29 is 19.0 Å². The van der Waals surface area contributed by atoms with E-state index in [1.807, 2.05) is 33.8 Å². The predicted octanol–water partition coefficient (Wildman–Crippen LogP) is 9.17. The molecule has 0 bridgehead atoms. The number of aliphatic hydroxyl groups is 1. The Labute approximate surface area is 202 Å². The molecule has 0 aromatic carbocycles. The van der Waals surface area contributed by atoms with Crippen LogP contribution in [0.2, 0.25) is 0 Å². The summed E-state index contributed by atoms with van der Waals surface area (Å²) in [7, 11) is 0. The summed E-state index contributed by atoms with van der Waals surface area (Å²) in [5.74, 6) is 0.971. The van der Waals surface area contributed by atoms with Crippen molar-refractivity contribution in [2.75, 3.05) is 0 Å². The van der Waals surface area contributed by atoms with E-state index >= 15 is 0 Å². The van der Waals surface area contributed by atoms with Crippen molar-refractivity contribution in [3.05, 3.63) is 47.5 Å². The Morgan fingerprint density at radius 2 is 1.79 bits per heavy atom. The minimum atomic E-state index is -0.328. The Hall–Kier alpha value is -1.84. The Balaban J connectivity index is 0.00000109. The molecule has 0 spiro atoms. The Bertz CT molecular complexity index is 673. The second-order valence-corrected chi connectivity index (χ2v) is 9.99. The molecule has 1 aliphatic rings. The molecule has 190 valence electrons. The van der Waals surface area contributed by atoms with Gasteiger partial charge in [-0.15, -0.1) is 0 Å². The topological polar surface area (TPSA) is 46.5 Å². The number of halogens is 1. The molecule has 0 saturated carbocycles. The molecule has 0 saturated heterocycles. The summed E-state index contributed by atoms with van der Waals surface area (Å²) in [6.45, 7) is 15.5. The molecule has 1 N–H and O–H groups in total. The number of aliphatic hydroxyl groups excluding tert-OH is 1. The van der Waals surface area contributed by atoms with Gasteiger partial charge in [0.1, 0.15) is 11.4 Å². The number of rotatable bonds is 11. The molecule has 0 aromatic heterocycles. The van der Waals surface area contributed by atoms with E-state index in [-0.39, 0.29) is 23.3 Å². The van der Waals surface area contributed by atoms with Crippen LogP contribution in [-0.4, -0.2) is 16.7 Å². The van der Waals surface area contributed by atoms with Crippen molar-refractivity contribution in [3.63, 3.8) is 0 Å². The van der Waals surface area contributed by atoms with E-state index < -0.39 is 0 Å². The summed E-state index contributed by atoms with van der Waals surface area (Å²) in [4.78, 5) is 10.2. The number of allylic oxidation sites excluding steroid dienone is 7. The van der Waals surface area contributed by atoms with Gasteiger partial charge < -0.3 is 9.84 Å². The lowest BCUT2D eigenvalue weighted by atomic mass is 9.78. The van der Waals surface area contributed by atoms with Crippen molar-refractivity contribution in [2.24, 2.45) is 17.8 Å².